The molecule has 1 aliphatic rings. The number of carbonyl (C=O) groups excluding carboxylic acids is 1. The molecule has 0 unspecified atom stereocenters. The Kier molecular flexibility index (Phi) is 5.04. The van der Waals surface area contributed by atoms with Crippen molar-refractivity contribution in [3.8, 4) is 0 Å². The molecule has 1 fully saturated rings. The van der Waals surface area contributed by atoms with Crippen LogP contribution in [-0.2, 0) is 11.3 Å². The van der Waals surface area contributed by atoms with E-state index in [1.54, 1.807) is 11.1 Å². The highest BCUT2D eigenvalue weighted by Crippen LogP contribution is 2.28. The number of hydrogen-bond acceptors (Lipinski definition) is 4. The minimum Gasteiger partial charge on any atom is -0.478 e. The fourth-order valence-corrected chi connectivity index (χ4v) is 3.39. The fraction of sp³-hybridized carbons (Fsp3) is 0.500. The highest BCUT2D eigenvalue weighted by Gasteiger charge is 2.26. The number of aromatic carboxylic acids is 1. The molecule has 0 atom stereocenters. The third kappa shape index (κ3) is 4.02. The van der Waals surface area contributed by atoms with Crippen LogP contribution in [0.2, 0.25) is 0 Å². The van der Waals surface area contributed by atoms with E-state index in [4.69, 9.17) is 4.74 Å². The molecule has 0 saturated carbocycles. The number of benzene rings is 1. The number of nitrogens with zero attached hydrogens (tertiary/aromatic N) is 3. The predicted octanol–water partition coefficient (Wildman–Crippen LogP) is 3.42. The summed E-state index contributed by atoms with van der Waals surface area (Å²) in [5.41, 5.74) is 1.72. The molecule has 7 nitrogen and oxygen atoms in total. The molecule has 1 N–H and O–H groups in total. The van der Waals surface area contributed by atoms with Gasteiger partial charge in [0.05, 0.1) is 5.56 Å². The van der Waals surface area contributed by atoms with Gasteiger partial charge in [0.1, 0.15) is 5.60 Å². The second-order valence-electron chi connectivity index (χ2n) is 7.79. The molecule has 1 aromatic heterocycles. The quantitative estimate of drug-likeness (QED) is 0.892. The van der Waals surface area contributed by atoms with E-state index in [2.05, 4.69) is 4.90 Å². The lowest BCUT2D eigenvalue weighted by molar-refractivity contribution is 0.0240. The van der Waals surface area contributed by atoms with Gasteiger partial charge in [-0.1, -0.05) is 0 Å². The summed E-state index contributed by atoms with van der Waals surface area (Å²) in [5, 5.41) is 10.2. The Balaban J connectivity index is 1.76. The van der Waals surface area contributed by atoms with Crippen LogP contribution < -0.4 is 4.90 Å². The second-order valence-corrected chi connectivity index (χ2v) is 7.79. The zero-order chi connectivity index (χ0) is 19.8. The van der Waals surface area contributed by atoms with Crippen molar-refractivity contribution in [2.45, 2.75) is 39.8 Å². The zero-order valence-electron chi connectivity index (χ0n) is 16.4. The molecule has 2 heterocycles. The molecular weight excluding hydrogens is 346 g/mol. The van der Waals surface area contributed by atoms with E-state index >= 15 is 0 Å². The van der Waals surface area contributed by atoms with Gasteiger partial charge in [0.25, 0.3) is 0 Å². The van der Waals surface area contributed by atoms with E-state index in [1.165, 1.54) is 0 Å². The minimum absolute atomic E-state index is 0.286. The van der Waals surface area contributed by atoms with Crippen molar-refractivity contribution in [2.24, 2.45) is 0 Å². The Labute approximate surface area is 159 Å². The first kappa shape index (κ1) is 19.1. The van der Waals surface area contributed by atoms with Crippen LogP contribution in [0.1, 0.15) is 38.1 Å². The number of carboxylic acids is 1. The first-order valence-corrected chi connectivity index (χ1v) is 9.28. The molecule has 2 aromatic rings. The Bertz CT molecular complexity index is 858. The van der Waals surface area contributed by atoms with Crippen molar-refractivity contribution in [2.75, 3.05) is 31.1 Å². The summed E-state index contributed by atoms with van der Waals surface area (Å²) in [5.74, 6) is -0.918. The number of piperazine rings is 1. The molecule has 7 heteroatoms. The van der Waals surface area contributed by atoms with Crippen LogP contribution >= 0.6 is 0 Å². The van der Waals surface area contributed by atoms with E-state index in [-0.39, 0.29) is 6.09 Å². The number of amides is 1. The Morgan fingerprint density at radius 1 is 1.15 bits per heavy atom. The van der Waals surface area contributed by atoms with Gasteiger partial charge in [0, 0.05) is 55.5 Å². The highest BCUT2D eigenvalue weighted by atomic mass is 16.6. The molecule has 0 spiro atoms. The summed E-state index contributed by atoms with van der Waals surface area (Å²) in [7, 11) is 0. The van der Waals surface area contributed by atoms with E-state index < -0.39 is 11.6 Å². The molecule has 27 heavy (non-hydrogen) atoms. The third-order valence-electron chi connectivity index (χ3n) is 4.73. The summed E-state index contributed by atoms with van der Waals surface area (Å²) in [6.07, 6.45) is 1.41. The highest BCUT2D eigenvalue weighted by molar-refractivity contribution is 6.04. The summed E-state index contributed by atoms with van der Waals surface area (Å²) in [6, 6.07) is 5.93. The monoisotopic (exact) mass is 373 g/mol. The van der Waals surface area contributed by atoms with Crippen LogP contribution in [0.15, 0.2) is 24.4 Å². The fourth-order valence-electron chi connectivity index (χ4n) is 3.39. The first-order chi connectivity index (χ1) is 12.7. The van der Waals surface area contributed by atoms with Gasteiger partial charge < -0.3 is 24.2 Å². The molecule has 0 aliphatic carbocycles. The van der Waals surface area contributed by atoms with Gasteiger partial charge in [-0.25, -0.2) is 9.59 Å². The second kappa shape index (κ2) is 7.13. The van der Waals surface area contributed by atoms with Crippen molar-refractivity contribution >= 4 is 28.7 Å². The minimum atomic E-state index is -0.918. The maximum atomic E-state index is 12.2. The van der Waals surface area contributed by atoms with Gasteiger partial charge in [-0.05, 0) is 45.9 Å². The summed E-state index contributed by atoms with van der Waals surface area (Å²) < 4.78 is 7.38. The number of ether oxygens (including phenoxy) is 1. The number of aromatic nitrogens is 1. The van der Waals surface area contributed by atoms with Crippen LogP contribution in [0, 0.1) is 0 Å². The number of hydrogen-bond donors (Lipinski definition) is 1. The number of anilines is 1. The topological polar surface area (TPSA) is 75.0 Å². The van der Waals surface area contributed by atoms with Gasteiger partial charge in [-0.2, -0.15) is 0 Å². The lowest BCUT2D eigenvalue weighted by Gasteiger charge is -2.36. The molecule has 1 aliphatic heterocycles. The average Bonchev–Trinajstić information content (AvgIpc) is 2.98. The number of rotatable bonds is 3. The molecule has 1 saturated heterocycles. The van der Waals surface area contributed by atoms with E-state index in [0.29, 0.717) is 31.7 Å². The molecule has 146 valence electrons. The maximum absolute atomic E-state index is 12.2. The maximum Gasteiger partial charge on any atom is 0.410 e. The molecule has 0 radical (unpaired) electrons. The Morgan fingerprint density at radius 3 is 2.37 bits per heavy atom. The lowest BCUT2D eigenvalue weighted by atomic mass is 10.1. The number of carboxylic acid groups (broad SMARTS) is 1. The van der Waals surface area contributed by atoms with Crippen LogP contribution in [0.3, 0.4) is 0 Å². The summed E-state index contributed by atoms with van der Waals surface area (Å²) in [4.78, 5) is 27.7. The smallest absolute Gasteiger partial charge is 0.410 e. The summed E-state index contributed by atoms with van der Waals surface area (Å²) >= 11 is 0. The zero-order valence-corrected chi connectivity index (χ0v) is 16.4. The standard InChI is InChI=1S/C20H27N3O4/c1-5-21-13-16(18(24)25)15-12-14(6-7-17(15)21)22-8-10-23(11-9-22)19(26)27-20(2,3)4/h6-7,12-13H,5,8-11H2,1-4H3,(H,24,25). The van der Waals surface area contributed by atoms with Gasteiger partial charge in [0.2, 0.25) is 0 Å². The number of aryl methyl sites for hydroxylation is 1. The average molecular weight is 373 g/mol. The van der Waals surface area contributed by atoms with Crippen molar-refractivity contribution in [3.63, 3.8) is 0 Å². The molecule has 1 aromatic carbocycles. The van der Waals surface area contributed by atoms with Gasteiger partial charge in [-0.15, -0.1) is 0 Å². The molecule has 1 amide bonds. The predicted molar refractivity (Wildman–Crippen MR) is 105 cm³/mol. The third-order valence-corrected chi connectivity index (χ3v) is 4.73. The molecule has 3 rings (SSSR count). The van der Waals surface area contributed by atoms with Crippen LogP contribution in [0.4, 0.5) is 10.5 Å². The molecular formula is C20H27N3O4. The largest absolute Gasteiger partial charge is 0.478 e. The van der Waals surface area contributed by atoms with Crippen LogP contribution in [0.25, 0.3) is 10.9 Å². The Hall–Kier alpha value is -2.70. The van der Waals surface area contributed by atoms with Crippen molar-refractivity contribution < 1.29 is 19.4 Å². The van der Waals surface area contributed by atoms with Gasteiger partial charge >= 0.3 is 12.1 Å². The van der Waals surface area contributed by atoms with Crippen molar-refractivity contribution in [3.05, 3.63) is 30.0 Å². The number of carbonyl (C=O) groups is 2. The molecule has 0 bridgehead atoms. The van der Waals surface area contributed by atoms with E-state index in [0.717, 1.165) is 23.1 Å². The first-order valence-electron chi connectivity index (χ1n) is 9.28. The SMILES string of the molecule is CCn1cc(C(=O)O)c2cc(N3CCN(C(=O)OC(C)(C)C)CC3)ccc21. The van der Waals surface area contributed by atoms with Crippen LogP contribution in [0.5, 0.6) is 0 Å². The van der Waals surface area contributed by atoms with Gasteiger partial charge in [-0.3, -0.25) is 0 Å². The van der Waals surface area contributed by atoms with Crippen LogP contribution in [-0.4, -0.2) is 58.4 Å². The van der Waals surface area contributed by atoms with Crippen molar-refractivity contribution in [1.29, 1.82) is 0 Å². The number of fused-ring (bicyclic) bond motifs is 1. The summed E-state index contributed by atoms with van der Waals surface area (Å²) in [6.45, 7) is 10.8. The van der Waals surface area contributed by atoms with E-state index in [1.807, 2.05) is 50.5 Å². The lowest BCUT2D eigenvalue weighted by Crippen LogP contribution is -2.50. The normalized spacial score (nSPS) is 15.3. The van der Waals surface area contributed by atoms with Crippen molar-refractivity contribution in [1.82, 2.24) is 9.47 Å². The Morgan fingerprint density at radius 2 is 1.81 bits per heavy atom. The van der Waals surface area contributed by atoms with Gasteiger partial charge in [0.15, 0.2) is 0 Å². The van der Waals surface area contributed by atoms with E-state index in [9.17, 15) is 14.7 Å².